The molecular weight excluding hydrogens is 300 g/mol. The van der Waals surface area contributed by atoms with Crippen LogP contribution in [0.5, 0.6) is 5.75 Å². The molecule has 0 fully saturated rings. The van der Waals surface area contributed by atoms with Crippen molar-refractivity contribution in [2.24, 2.45) is 0 Å². The number of fused-ring (bicyclic) bond motifs is 1. The number of nitrogens with one attached hydrogen (secondary N) is 1. The maximum atomic E-state index is 12.0. The molecule has 1 heterocycles. The molecule has 124 valence electrons. The largest absolute Gasteiger partial charge is 0.482 e. The number of ether oxygens (including phenoxy) is 1. The van der Waals surface area contributed by atoms with E-state index in [9.17, 15) is 19.5 Å². The predicted octanol–water partition coefficient (Wildman–Crippen LogP) is 1.17. The standard InChI is InChI=1S/C16H20N2O5/c1-3-16(2,15(21)22)17-13(19)8-9-18-11-6-4-5-7-12(11)23-10-14(18)20/h4-7H,3,8-10H2,1-2H3,(H,17,19)(H,21,22). The van der Waals surface area contributed by atoms with Crippen molar-refractivity contribution >= 4 is 23.5 Å². The van der Waals surface area contributed by atoms with Gasteiger partial charge in [-0.3, -0.25) is 9.59 Å². The summed E-state index contributed by atoms with van der Waals surface area (Å²) >= 11 is 0. The molecule has 2 N–H and O–H groups in total. The fourth-order valence-corrected chi connectivity index (χ4v) is 2.28. The fourth-order valence-electron chi connectivity index (χ4n) is 2.28. The van der Waals surface area contributed by atoms with E-state index in [1.54, 1.807) is 31.2 Å². The second-order valence-corrected chi connectivity index (χ2v) is 5.59. The number of nitrogens with zero attached hydrogens (tertiary/aromatic N) is 1. The molecular formula is C16H20N2O5. The number of amides is 2. The summed E-state index contributed by atoms with van der Waals surface area (Å²) in [4.78, 5) is 36.7. The highest BCUT2D eigenvalue weighted by Gasteiger charge is 2.33. The number of carboxylic acids is 1. The van der Waals surface area contributed by atoms with Crippen molar-refractivity contribution in [2.75, 3.05) is 18.1 Å². The molecule has 0 saturated carbocycles. The summed E-state index contributed by atoms with van der Waals surface area (Å²) in [5.74, 6) is -1.13. The molecule has 0 radical (unpaired) electrons. The summed E-state index contributed by atoms with van der Waals surface area (Å²) in [6.45, 7) is 3.25. The number of hydrogen-bond acceptors (Lipinski definition) is 4. The zero-order valence-electron chi connectivity index (χ0n) is 13.2. The van der Waals surface area contributed by atoms with Crippen molar-refractivity contribution in [3.05, 3.63) is 24.3 Å². The van der Waals surface area contributed by atoms with Crippen LogP contribution in [-0.2, 0) is 14.4 Å². The van der Waals surface area contributed by atoms with Crippen molar-refractivity contribution in [3.63, 3.8) is 0 Å². The highest BCUT2D eigenvalue weighted by atomic mass is 16.5. The number of rotatable bonds is 6. The number of anilines is 1. The fraction of sp³-hybridized carbons (Fsp3) is 0.438. The molecule has 2 amide bonds. The lowest BCUT2D eigenvalue weighted by molar-refractivity contribution is -0.147. The lowest BCUT2D eigenvalue weighted by Crippen LogP contribution is -2.52. The van der Waals surface area contributed by atoms with Crippen LogP contribution in [0.2, 0.25) is 0 Å². The predicted molar refractivity (Wildman–Crippen MR) is 83.4 cm³/mol. The van der Waals surface area contributed by atoms with E-state index in [1.165, 1.54) is 11.8 Å². The van der Waals surface area contributed by atoms with E-state index in [2.05, 4.69) is 5.32 Å². The molecule has 0 aliphatic carbocycles. The Morgan fingerprint density at radius 1 is 1.39 bits per heavy atom. The summed E-state index contributed by atoms with van der Waals surface area (Å²) in [6.07, 6.45) is 0.288. The van der Waals surface area contributed by atoms with Gasteiger partial charge in [0.25, 0.3) is 5.91 Å². The van der Waals surface area contributed by atoms with Gasteiger partial charge in [-0.25, -0.2) is 4.79 Å². The van der Waals surface area contributed by atoms with Crippen LogP contribution in [0.15, 0.2) is 24.3 Å². The third-order valence-corrected chi connectivity index (χ3v) is 3.97. The van der Waals surface area contributed by atoms with Gasteiger partial charge in [0.1, 0.15) is 11.3 Å². The first-order valence-electron chi connectivity index (χ1n) is 7.44. The Bertz CT molecular complexity index is 631. The summed E-state index contributed by atoms with van der Waals surface area (Å²) in [5.41, 5.74) is -0.683. The van der Waals surface area contributed by atoms with Gasteiger partial charge in [-0.2, -0.15) is 0 Å². The van der Waals surface area contributed by atoms with Crippen LogP contribution in [0.3, 0.4) is 0 Å². The number of para-hydroxylation sites is 2. The minimum Gasteiger partial charge on any atom is -0.482 e. The van der Waals surface area contributed by atoms with Gasteiger partial charge in [-0.05, 0) is 25.5 Å². The van der Waals surface area contributed by atoms with E-state index >= 15 is 0 Å². The van der Waals surface area contributed by atoms with E-state index in [1.807, 2.05) is 0 Å². The SMILES string of the molecule is CCC(C)(NC(=O)CCN1C(=O)COc2ccccc21)C(=O)O. The lowest BCUT2D eigenvalue weighted by Gasteiger charge is -2.30. The van der Waals surface area contributed by atoms with Crippen molar-refractivity contribution < 1.29 is 24.2 Å². The Balaban J connectivity index is 2.02. The van der Waals surface area contributed by atoms with Gasteiger partial charge in [0, 0.05) is 13.0 Å². The van der Waals surface area contributed by atoms with Crippen LogP contribution in [0.4, 0.5) is 5.69 Å². The van der Waals surface area contributed by atoms with Crippen LogP contribution in [0.25, 0.3) is 0 Å². The quantitative estimate of drug-likeness (QED) is 0.820. The van der Waals surface area contributed by atoms with E-state index in [0.29, 0.717) is 11.4 Å². The Morgan fingerprint density at radius 3 is 2.74 bits per heavy atom. The molecule has 1 aromatic rings. The van der Waals surface area contributed by atoms with Gasteiger partial charge in [0.2, 0.25) is 5.91 Å². The minimum absolute atomic E-state index is 0.0168. The number of aliphatic carboxylic acids is 1. The number of hydrogen-bond donors (Lipinski definition) is 2. The lowest BCUT2D eigenvalue weighted by atomic mass is 9.99. The monoisotopic (exact) mass is 320 g/mol. The third kappa shape index (κ3) is 3.61. The molecule has 0 spiro atoms. The van der Waals surface area contributed by atoms with Crippen molar-refractivity contribution in [3.8, 4) is 5.75 Å². The van der Waals surface area contributed by atoms with Gasteiger partial charge < -0.3 is 20.1 Å². The van der Waals surface area contributed by atoms with Gasteiger partial charge in [-0.1, -0.05) is 19.1 Å². The normalized spacial score (nSPS) is 16.1. The number of carboxylic acid groups (broad SMARTS) is 1. The molecule has 2 rings (SSSR count). The highest BCUT2D eigenvalue weighted by Crippen LogP contribution is 2.31. The molecule has 7 nitrogen and oxygen atoms in total. The zero-order chi connectivity index (χ0) is 17.0. The average Bonchev–Trinajstić information content (AvgIpc) is 2.53. The Hall–Kier alpha value is -2.57. The minimum atomic E-state index is -1.30. The Morgan fingerprint density at radius 2 is 2.09 bits per heavy atom. The van der Waals surface area contributed by atoms with Crippen molar-refractivity contribution in [1.29, 1.82) is 0 Å². The molecule has 0 saturated heterocycles. The van der Waals surface area contributed by atoms with E-state index < -0.39 is 17.4 Å². The van der Waals surface area contributed by atoms with Crippen LogP contribution in [-0.4, -0.2) is 41.6 Å². The average molecular weight is 320 g/mol. The van der Waals surface area contributed by atoms with Crippen molar-refractivity contribution in [2.45, 2.75) is 32.2 Å². The molecule has 7 heteroatoms. The molecule has 23 heavy (non-hydrogen) atoms. The summed E-state index contributed by atoms with van der Waals surface area (Å²) in [5, 5.41) is 11.7. The van der Waals surface area contributed by atoms with Crippen LogP contribution in [0.1, 0.15) is 26.7 Å². The Labute approximate surface area is 134 Å². The molecule has 1 aromatic carbocycles. The highest BCUT2D eigenvalue weighted by molar-refractivity contribution is 5.98. The first-order valence-corrected chi connectivity index (χ1v) is 7.44. The summed E-state index contributed by atoms with van der Waals surface area (Å²) in [6, 6.07) is 7.09. The smallest absolute Gasteiger partial charge is 0.329 e. The molecule has 0 aromatic heterocycles. The summed E-state index contributed by atoms with van der Waals surface area (Å²) in [7, 11) is 0. The van der Waals surface area contributed by atoms with E-state index in [0.717, 1.165) is 0 Å². The van der Waals surface area contributed by atoms with Gasteiger partial charge in [-0.15, -0.1) is 0 Å². The molecule has 1 aliphatic rings. The molecule has 1 unspecified atom stereocenters. The maximum Gasteiger partial charge on any atom is 0.329 e. The number of benzene rings is 1. The van der Waals surface area contributed by atoms with Gasteiger partial charge in [0.05, 0.1) is 5.69 Å². The van der Waals surface area contributed by atoms with Crippen LogP contribution >= 0.6 is 0 Å². The first-order chi connectivity index (χ1) is 10.9. The molecule has 0 bridgehead atoms. The molecule has 1 atom stereocenters. The summed E-state index contributed by atoms with van der Waals surface area (Å²) < 4.78 is 5.33. The third-order valence-electron chi connectivity index (χ3n) is 3.97. The van der Waals surface area contributed by atoms with Crippen LogP contribution < -0.4 is 15.0 Å². The van der Waals surface area contributed by atoms with E-state index in [4.69, 9.17) is 4.74 Å². The second kappa shape index (κ2) is 6.68. The number of carbonyl (C=O) groups excluding carboxylic acids is 2. The number of carbonyl (C=O) groups is 3. The van der Waals surface area contributed by atoms with Crippen LogP contribution in [0, 0.1) is 0 Å². The molecule has 1 aliphatic heterocycles. The van der Waals surface area contributed by atoms with Gasteiger partial charge >= 0.3 is 5.97 Å². The maximum absolute atomic E-state index is 12.0. The topological polar surface area (TPSA) is 95.9 Å². The zero-order valence-corrected chi connectivity index (χ0v) is 13.2. The first kappa shape index (κ1) is 16.8. The second-order valence-electron chi connectivity index (χ2n) is 5.59. The van der Waals surface area contributed by atoms with Crippen molar-refractivity contribution in [1.82, 2.24) is 5.32 Å². The van der Waals surface area contributed by atoms with Gasteiger partial charge in [0.15, 0.2) is 6.61 Å². The van der Waals surface area contributed by atoms with E-state index in [-0.39, 0.29) is 31.9 Å². The Kier molecular flexibility index (Phi) is 4.88.